The molecule has 1 aliphatic rings. The zero-order chi connectivity index (χ0) is 10.8. The summed E-state index contributed by atoms with van der Waals surface area (Å²) in [5, 5.41) is 9.34. The van der Waals surface area contributed by atoms with Crippen LogP contribution in [-0.4, -0.2) is 24.1 Å². The summed E-state index contributed by atoms with van der Waals surface area (Å²) in [5.41, 5.74) is 1.20. The number of nitrogens with zero attached hydrogens (tertiary/aromatic N) is 1. The molecule has 3 heteroatoms. The molecular weight excluding hydrogens is 198 g/mol. The Bertz CT molecular complexity index is 489. The lowest BCUT2D eigenvalue weighted by atomic mass is 10.1. The summed E-state index contributed by atoms with van der Waals surface area (Å²) in [6.07, 6.45) is 4.94. The summed E-state index contributed by atoms with van der Waals surface area (Å²) in [5.74, 6) is 0. The molecule has 1 atom stereocenters. The lowest BCUT2D eigenvalue weighted by Gasteiger charge is -2.13. The molecule has 2 N–H and O–H groups in total. The van der Waals surface area contributed by atoms with Gasteiger partial charge in [-0.1, -0.05) is 6.07 Å². The van der Waals surface area contributed by atoms with Crippen molar-refractivity contribution < 1.29 is 0 Å². The molecule has 2 heterocycles. The smallest absolute Gasteiger partial charge is 0.0398 e. The van der Waals surface area contributed by atoms with E-state index in [0.29, 0.717) is 6.04 Å². The van der Waals surface area contributed by atoms with Crippen molar-refractivity contribution in [3.05, 3.63) is 36.7 Å². The number of hydrogen-bond donors (Lipinski definition) is 2. The molecule has 0 spiro atoms. The van der Waals surface area contributed by atoms with Crippen molar-refractivity contribution in [2.45, 2.75) is 12.5 Å². The van der Waals surface area contributed by atoms with Crippen molar-refractivity contribution in [2.75, 3.05) is 18.4 Å². The molecule has 1 saturated heterocycles. The highest BCUT2D eigenvalue weighted by atomic mass is 15.0. The average Bonchev–Trinajstić information content (AvgIpc) is 2.82. The van der Waals surface area contributed by atoms with Crippen LogP contribution in [0.4, 0.5) is 5.69 Å². The van der Waals surface area contributed by atoms with Crippen LogP contribution in [0.2, 0.25) is 0 Å². The third kappa shape index (κ3) is 1.86. The van der Waals surface area contributed by atoms with E-state index >= 15 is 0 Å². The highest BCUT2D eigenvalue weighted by Crippen LogP contribution is 2.19. The van der Waals surface area contributed by atoms with Gasteiger partial charge in [-0.25, -0.2) is 0 Å². The summed E-state index contributed by atoms with van der Waals surface area (Å²) in [6.45, 7) is 2.18. The van der Waals surface area contributed by atoms with Gasteiger partial charge in [0.2, 0.25) is 0 Å². The number of hydrogen-bond acceptors (Lipinski definition) is 3. The fraction of sp³-hybridized carbons (Fsp3) is 0.308. The molecule has 0 bridgehead atoms. The van der Waals surface area contributed by atoms with E-state index in [4.69, 9.17) is 0 Å². The summed E-state index contributed by atoms with van der Waals surface area (Å²) in [4.78, 5) is 4.12. The largest absolute Gasteiger partial charge is 0.381 e. The zero-order valence-corrected chi connectivity index (χ0v) is 9.11. The van der Waals surface area contributed by atoms with Crippen LogP contribution in [0.3, 0.4) is 0 Å². The van der Waals surface area contributed by atoms with Gasteiger partial charge >= 0.3 is 0 Å². The molecule has 1 aliphatic heterocycles. The highest BCUT2D eigenvalue weighted by molar-refractivity contribution is 5.84. The molecular formula is C13H15N3. The van der Waals surface area contributed by atoms with Crippen molar-refractivity contribution in [1.82, 2.24) is 10.3 Å². The number of aromatic nitrogens is 1. The Balaban J connectivity index is 1.86. The molecule has 0 amide bonds. The van der Waals surface area contributed by atoms with Gasteiger partial charge in [-0.05, 0) is 36.6 Å². The minimum absolute atomic E-state index is 0.569. The fourth-order valence-corrected chi connectivity index (χ4v) is 2.19. The van der Waals surface area contributed by atoms with Crippen LogP contribution in [0, 0.1) is 0 Å². The monoisotopic (exact) mass is 213 g/mol. The Kier molecular flexibility index (Phi) is 2.46. The first kappa shape index (κ1) is 9.60. The van der Waals surface area contributed by atoms with Crippen LogP contribution < -0.4 is 10.6 Å². The van der Waals surface area contributed by atoms with E-state index in [0.717, 1.165) is 13.1 Å². The van der Waals surface area contributed by atoms with Gasteiger partial charge in [0.05, 0.1) is 0 Å². The molecule has 82 valence electrons. The number of pyridine rings is 1. The molecule has 1 aromatic carbocycles. The van der Waals surface area contributed by atoms with Crippen molar-refractivity contribution in [2.24, 2.45) is 0 Å². The van der Waals surface area contributed by atoms with Crippen LogP contribution in [-0.2, 0) is 0 Å². The van der Waals surface area contributed by atoms with Crippen LogP contribution in [0.5, 0.6) is 0 Å². The third-order valence-corrected chi connectivity index (χ3v) is 3.07. The number of anilines is 1. The van der Waals surface area contributed by atoms with Gasteiger partial charge in [0, 0.05) is 36.1 Å². The number of rotatable bonds is 2. The Hall–Kier alpha value is -1.61. The van der Waals surface area contributed by atoms with E-state index in [9.17, 15) is 0 Å². The Labute approximate surface area is 94.9 Å². The van der Waals surface area contributed by atoms with E-state index in [1.54, 1.807) is 0 Å². The fourth-order valence-electron chi connectivity index (χ4n) is 2.19. The second-order valence-corrected chi connectivity index (χ2v) is 4.27. The van der Waals surface area contributed by atoms with E-state index in [1.807, 2.05) is 18.5 Å². The van der Waals surface area contributed by atoms with Crippen molar-refractivity contribution in [3.63, 3.8) is 0 Å². The Morgan fingerprint density at radius 1 is 1.25 bits per heavy atom. The van der Waals surface area contributed by atoms with Crippen LogP contribution >= 0.6 is 0 Å². The van der Waals surface area contributed by atoms with Crippen LogP contribution in [0.25, 0.3) is 10.8 Å². The molecule has 0 saturated carbocycles. The SMILES string of the molecule is c1cc2cc(N[C@@H]3CCNC3)ccc2cn1. The first-order chi connectivity index (χ1) is 7.92. The molecule has 0 unspecified atom stereocenters. The van der Waals surface area contributed by atoms with Gasteiger partial charge in [-0.15, -0.1) is 0 Å². The second kappa shape index (κ2) is 4.10. The normalized spacial score (nSPS) is 20.1. The molecule has 0 aliphatic carbocycles. The van der Waals surface area contributed by atoms with Gasteiger partial charge in [-0.3, -0.25) is 4.98 Å². The lowest BCUT2D eigenvalue weighted by Crippen LogP contribution is -2.21. The molecule has 2 aromatic rings. The second-order valence-electron chi connectivity index (χ2n) is 4.27. The van der Waals surface area contributed by atoms with Gasteiger partial charge in [-0.2, -0.15) is 0 Å². The first-order valence-electron chi connectivity index (χ1n) is 5.73. The topological polar surface area (TPSA) is 37.0 Å². The van der Waals surface area contributed by atoms with Gasteiger partial charge in [0.25, 0.3) is 0 Å². The molecule has 1 aromatic heterocycles. The molecule has 3 rings (SSSR count). The molecule has 16 heavy (non-hydrogen) atoms. The highest BCUT2D eigenvalue weighted by Gasteiger charge is 2.13. The summed E-state index contributed by atoms with van der Waals surface area (Å²) in [6, 6.07) is 9.05. The van der Waals surface area contributed by atoms with E-state index in [2.05, 4.69) is 33.8 Å². The van der Waals surface area contributed by atoms with Crippen molar-refractivity contribution >= 4 is 16.5 Å². The maximum Gasteiger partial charge on any atom is 0.0398 e. The van der Waals surface area contributed by atoms with Gasteiger partial charge < -0.3 is 10.6 Å². The predicted molar refractivity (Wildman–Crippen MR) is 66.6 cm³/mol. The van der Waals surface area contributed by atoms with Crippen molar-refractivity contribution in [3.8, 4) is 0 Å². The number of fused-ring (bicyclic) bond motifs is 1. The Morgan fingerprint density at radius 2 is 2.25 bits per heavy atom. The number of nitrogens with one attached hydrogen (secondary N) is 2. The van der Waals surface area contributed by atoms with E-state index in [1.165, 1.54) is 22.9 Å². The van der Waals surface area contributed by atoms with Gasteiger partial charge in [0.1, 0.15) is 0 Å². The van der Waals surface area contributed by atoms with Crippen molar-refractivity contribution in [1.29, 1.82) is 0 Å². The van der Waals surface area contributed by atoms with Crippen LogP contribution in [0.15, 0.2) is 36.7 Å². The zero-order valence-electron chi connectivity index (χ0n) is 9.11. The van der Waals surface area contributed by atoms with E-state index in [-0.39, 0.29) is 0 Å². The number of benzene rings is 1. The summed E-state index contributed by atoms with van der Waals surface area (Å²) < 4.78 is 0. The lowest BCUT2D eigenvalue weighted by molar-refractivity contribution is 0.793. The molecule has 0 radical (unpaired) electrons. The standard InChI is InChI=1S/C13H15N3/c1-2-12(16-13-4-6-15-9-13)7-10-3-5-14-8-11(1)10/h1-3,5,7-8,13,15-16H,4,6,9H2/t13-/m1/s1. The van der Waals surface area contributed by atoms with Gasteiger partial charge in [0.15, 0.2) is 0 Å². The minimum atomic E-state index is 0.569. The molecule has 1 fully saturated rings. The first-order valence-corrected chi connectivity index (χ1v) is 5.73. The molecule has 3 nitrogen and oxygen atoms in total. The maximum absolute atomic E-state index is 4.12. The summed E-state index contributed by atoms with van der Waals surface area (Å²) >= 11 is 0. The van der Waals surface area contributed by atoms with E-state index < -0.39 is 0 Å². The quantitative estimate of drug-likeness (QED) is 0.801. The van der Waals surface area contributed by atoms with Crippen LogP contribution in [0.1, 0.15) is 6.42 Å². The average molecular weight is 213 g/mol. The third-order valence-electron chi connectivity index (χ3n) is 3.07. The maximum atomic E-state index is 4.12. The predicted octanol–water partition coefficient (Wildman–Crippen LogP) is 2.01. The minimum Gasteiger partial charge on any atom is -0.381 e. The Morgan fingerprint density at radius 3 is 3.12 bits per heavy atom. The summed E-state index contributed by atoms with van der Waals surface area (Å²) in [7, 11) is 0.